The lowest BCUT2D eigenvalue weighted by Crippen LogP contribution is -2.48. The van der Waals surface area contributed by atoms with Gasteiger partial charge < -0.3 is 15.0 Å². The molecule has 4 rings (SSSR count). The molecule has 1 saturated heterocycles. The molecule has 1 aromatic heterocycles. The molecule has 3 aromatic rings. The molecule has 1 fully saturated rings. The summed E-state index contributed by atoms with van der Waals surface area (Å²) in [5, 5.41) is 15.6. The minimum atomic E-state index is -0.383. The maximum absolute atomic E-state index is 12.5. The molecule has 0 aliphatic carbocycles. The van der Waals surface area contributed by atoms with Crippen molar-refractivity contribution in [2.75, 3.05) is 50.1 Å². The predicted molar refractivity (Wildman–Crippen MR) is 119 cm³/mol. The van der Waals surface area contributed by atoms with Gasteiger partial charge >= 0.3 is 0 Å². The number of hydrogen-bond donors (Lipinski definition) is 1. The van der Waals surface area contributed by atoms with Crippen molar-refractivity contribution >= 4 is 33.7 Å². The third kappa shape index (κ3) is 4.41. The highest BCUT2D eigenvalue weighted by atomic mass is 16.6. The molecule has 0 radical (unpaired) electrons. The highest BCUT2D eigenvalue weighted by Gasteiger charge is 2.23. The fourth-order valence-corrected chi connectivity index (χ4v) is 3.88. The number of fused-ring (bicyclic) bond motifs is 1. The van der Waals surface area contributed by atoms with Crippen LogP contribution in [0.15, 0.2) is 54.9 Å². The number of ether oxygens (including phenoxy) is 1. The van der Waals surface area contributed by atoms with Gasteiger partial charge in [0, 0.05) is 55.7 Å². The predicted octanol–water partition coefficient (Wildman–Crippen LogP) is 2.91. The number of piperazine rings is 1. The Morgan fingerprint density at radius 1 is 1.13 bits per heavy atom. The number of methoxy groups -OCH3 is 1. The molecule has 2 heterocycles. The summed E-state index contributed by atoms with van der Waals surface area (Å²) in [6, 6.07) is 12.5. The number of para-hydroxylation sites is 2. The first-order chi connectivity index (χ1) is 15.1. The van der Waals surface area contributed by atoms with Crippen LogP contribution in [0.2, 0.25) is 0 Å². The number of non-ortho nitro benzene ring substituents is 1. The summed E-state index contributed by atoms with van der Waals surface area (Å²) in [4.78, 5) is 31.8. The maximum atomic E-state index is 12.5. The van der Waals surface area contributed by atoms with Crippen molar-refractivity contribution in [2.24, 2.45) is 0 Å². The minimum Gasteiger partial charge on any atom is -0.495 e. The molecule has 31 heavy (non-hydrogen) atoms. The van der Waals surface area contributed by atoms with Crippen molar-refractivity contribution in [3.63, 3.8) is 0 Å². The van der Waals surface area contributed by atoms with E-state index in [1.165, 1.54) is 12.3 Å². The Bertz CT molecular complexity index is 1110. The first-order valence-electron chi connectivity index (χ1n) is 9.98. The van der Waals surface area contributed by atoms with Crippen LogP contribution in [0.25, 0.3) is 10.8 Å². The first-order valence-corrected chi connectivity index (χ1v) is 9.98. The SMILES string of the molecule is COc1ccccc1NC(=O)CN1CCN(c2ccc([N+](=O)[O-])c3cnccc23)CC1. The molecule has 0 spiro atoms. The van der Waals surface area contributed by atoms with Crippen LogP contribution in [-0.2, 0) is 4.79 Å². The van der Waals surface area contributed by atoms with Gasteiger partial charge in [-0.3, -0.25) is 24.8 Å². The minimum absolute atomic E-state index is 0.0542. The molecule has 2 aromatic carbocycles. The Morgan fingerprint density at radius 3 is 2.65 bits per heavy atom. The molecule has 160 valence electrons. The number of aromatic nitrogens is 1. The number of nitro groups is 1. The largest absolute Gasteiger partial charge is 0.495 e. The number of benzene rings is 2. The van der Waals surface area contributed by atoms with Crippen LogP contribution in [-0.4, -0.2) is 60.5 Å². The molecule has 9 nitrogen and oxygen atoms in total. The van der Waals surface area contributed by atoms with Gasteiger partial charge in [0.05, 0.1) is 29.7 Å². The molecule has 1 N–H and O–H groups in total. The van der Waals surface area contributed by atoms with Crippen LogP contribution in [0.3, 0.4) is 0 Å². The lowest BCUT2D eigenvalue weighted by atomic mass is 10.1. The molecule has 1 aliphatic heterocycles. The van der Waals surface area contributed by atoms with Crippen molar-refractivity contribution in [2.45, 2.75) is 0 Å². The molecule has 0 saturated carbocycles. The van der Waals surface area contributed by atoms with E-state index in [1.807, 2.05) is 24.3 Å². The van der Waals surface area contributed by atoms with Crippen molar-refractivity contribution < 1.29 is 14.5 Å². The molecule has 9 heteroatoms. The second-order valence-electron chi connectivity index (χ2n) is 7.29. The van der Waals surface area contributed by atoms with Crippen LogP contribution in [0.1, 0.15) is 0 Å². The normalized spacial score (nSPS) is 14.4. The highest BCUT2D eigenvalue weighted by molar-refractivity contribution is 5.99. The number of amides is 1. The standard InChI is InChI=1S/C22H23N5O4/c1-31-21-5-3-2-4-18(21)24-22(28)15-25-10-12-26(13-11-25)19-6-7-20(27(29)30)17-14-23-9-8-16(17)19/h2-9,14H,10-13,15H2,1H3,(H,24,28). The van der Waals surface area contributed by atoms with Crippen molar-refractivity contribution in [3.05, 3.63) is 65.0 Å². The number of carbonyl (C=O) groups is 1. The number of pyridine rings is 1. The second-order valence-corrected chi connectivity index (χ2v) is 7.29. The second kappa shape index (κ2) is 8.97. The van der Waals surface area contributed by atoms with E-state index in [1.54, 1.807) is 25.4 Å². The molecule has 0 unspecified atom stereocenters. The summed E-state index contributed by atoms with van der Waals surface area (Å²) in [7, 11) is 1.57. The van der Waals surface area contributed by atoms with E-state index in [4.69, 9.17) is 4.74 Å². The third-order valence-corrected chi connectivity index (χ3v) is 5.43. The van der Waals surface area contributed by atoms with E-state index in [2.05, 4.69) is 20.1 Å². The van der Waals surface area contributed by atoms with Gasteiger partial charge in [0.15, 0.2) is 0 Å². The van der Waals surface area contributed by atoms with E-state index in [-0.39, 0.29) is 23.1 Å². The van der Waals surface area contributed by atoms with Crippen LogP contribution in [0.5, 0.6) is 5.75 Å². The zero-order valence-electron chi connectivity index (χ0n) is 17.2. The first kappa shape index (κ1) is 20.5. The van der Waals surface area contributed by atoms with Crippen molar-refractivity contribution in [1.29, 1.82) is 0 Å². The summed E-state index contributed by atoms with van der Waals surface area (Å²) in [5.41, 5.74) is 1.65. The summed E-state index contributed by atoms with van der Waals surface area (Å²) in [5.74, 6) is 0.532. The van der Waals surface area contributed by atoms with Gasteiger partial charge in [-0.15, -0.1) is 0 Å². The smallest absolute Gasteiger partial charge is 0.278 e. The molecule has 0 atom stereocenters. The topological polar surface area (TPSA) is 101 Å². The van der Waals surface area contributed by atoms with Crippen LogP contribution >= 0.6 is 0 Å². The Hall–Kier alpha value is -3.72. The fourth-order valence-electron chi connectivity index (χ4n) is 3.88. The third-order valence-electron chi connectivity index (χ3n) is 5.43. The number of hydrogen-bond acceptors (Lipinski definition) is 7. The number of nitrogens with zero attached hydrogens (tertiary/aromatic N) is 4. The fraction of sp³-hybridized carbons (Fsp3) is 0.273. The zero-order valence-corrected chi connectivity index (χ0v) is 17.2. The number of nitrogens with one attached hydrogen (secondary N) is 1. The van der Waals surface area contributed by atoms with E-state index < -0.39 is 0 Å². The van der Waals surface area contributed by atoms with E-state index in [0.29, 0.717) is 29.9 Å². The Labute approximate surface area is 179 Å². The van der Waals surface area contributed by atoms with Gasteiger partial charge in [-0.2, -0.15) is 0 Å². The van der Waals surface area contributed by atoms with Crippen molar-refractivity contribution in [3.8, 4) is 5.75 Å². The number of anilines is 2. The molecule has 1 aliphatic rings. The molecular formula is C22H23N5O4. The van der Waals surface area contributed by atoms with Gasteiger partial charge in [0.25, 0.3) is 5.69 Å². The van der Waals surface area contributed by atoms with Gasteiger partial charge in [-0.25, -0.2) is 0 Å². The summed E-state index contributed by atoms with van der Waals surface area (Å²) in [6.07, 6.45) is 3.18. The molecular weight excluding hydrogens is 398 g/mol. The lowest BCUT2D eigenvalue weighted by Gasteiger charge is -2.36. The monoisotopic (exact) mass is 421 g/mol. The van der Waals surface area contributed by atoms with Gasteiger partial charge in [-0.05, 0) is 24.3 Å². The lowest BCUT2D eigenvalue weighted by molar-refractivity contribution is -0.383. The summed E-state index contributed by atoms with van der Waals surface area (Å²) < 4.78 is 5.28. The average Bonchev–Trinajstić information content (AvgIpc) is 2.79. The number of rotatable bonds is 6. The van der Waals surface area contributed by atoms with Gasteiger partial charge in [0.1, 0.15) is 5.75 Å². The summed E-state index contributed by atoms with van der Waals surface area (Å²) >= 11 is 0. The Balaban J connectivity index is 1.41. The molecule has 1 amide bonds. The quantitative estimate of drug-likeness (QED) is 0.482. The summed E-state index contributed by atoms with van der Waals surface area (Å²) in [6.45, 7) is 3.15. The Morgan fingerprint density at radius 2 is 1.90 bits per heavy atom. The van der Waals surface area contributed by atoms with Crippen LogP contribution < -0.4 is 15.0 Å². The van der Waals surface area contributed by atoms with Gasteiger partial charge in [0.2, 0.25) is 5.91 Å². The van der Waals surface area contributed by atoms with Gasteiger partial charge in [-0.1, -0.05) is 12.1 Å². The van der Waals surface area contributed by atoms with Crippen molar-refractivity contribution in [1.82, 2.24) is 9.88 Å². The average molecular weight is 421 g/mol. The molecule has 0 bridgehead atoms. The van der Waals surface area contributed by atoms with Crippen LogP contribution in [0, 0.1) is 10.1 Å². The van der Waals surface area contributed by atoms with E-state index >= 15 is 0 Å². The highest BCUT2D eigenvalue weighted by Crippen LogP contribution is 2.33. The van der Waals surface area contributed by atoms with E-state index in [0.717, 1.165) is 24.2 Å². The zero-order chi connectivity index (χ0) is 21.8. The van der Waals surface area contributed by atoms with E-state index in [9.17, 15) is 14.9 Å². The van der Waals surface area contributed by atoms with Crippen LogP contribution in [0.4, 0.5) is 17.1 Å². The number of nitro benzene ring substituents is 1. The number of carbonyl (C=O) groups excluding carboxylic acids is 1. The Kier molecular flexibility index (Phi) is 5.94. The maximum Gasteiger partial charge on any atom is 0.278 e.